The standard InChI is InChI=1S/C16H19N5O/c22-16(15-12-18-7-8-19-15)20-11-13-3-9-21(10-4-13)14-1-5-17-6-2-14/h1-2,5-8,12-13H,3-4,9-11H2,(H,20,22). The Labute approximate surface area is 129 Å². The van der Waals surface area contributed by atoms with Crippen molar-refractivity contribution in [2.24, 2.45) is 5.92 Å². The lowest BCUT2D eigenvalue weighted by atomic mass is 9.96. The van der Waals surface area contributed by atoms with E-state index in [0.717, 1.165) is 25.9 Å². The number of nitrogens with one attached hydrogen (secondary N) is 1. The molecule has 6 heteroatoms. The molecule has 1 aliphatic rings. The van der Waals surface area contributed by atoms with Crippen molar-refractivity contribution in [3.05, 3.63) is 48.8 Å². The van der Waals surface area contributed by atoms with E-state index in [-0.39, 0.29) is 5.91 Å². The average Bonchev–Trinajstić information content (AvgIpc) is 2.61. The predicted molar refractivity (Wildman–Crippen MR) is 83.5 cm³/mol. The third-order valence-corrected chi connectivity index (χ3v) is 3.99. The van der Waals surface area contributed by atoms with Crippen LogP contribution >= 0.6 is 0 Å². The largest absolute Gasteiger partial charge is 0.371 e. The first-order chi connectivity index (χ1) is 10.8. The third-order valence-electron chi connectivity index (χ3n) is 3.99. The number of nitrogens with zero attached hydrogens (tertiary/aromatic N) is 4. The number of carbonyl (C=O) groups excluding carboxylic acids is 1. The van der Waals surface area contributed by atoms with Crippen LogP contribution in [0.4, 0.5) is 5.69 Å². The number of hydrogen-bond donors (Lipinski definition) is 1. The molecule has 0 aliphatic carbocycles. The van der Waals surface area contributed by atoms with Gasteiger partial charge in [-0.1, -0.05) is 0 Å². The van der Waals surface area contributed by atoms with Gasteiger partial charge in [-0.05, 0) is 30.9 Å². The van der Waals surface area contributed by atoms with Crippen molar-refractivity contribution in [3.8, 4) is 0 Å². The van der Waals surface area contributed by atoms with Crippen molar-refractivity contribution in [2.75, 3.05) is 24.5 Å². The Kier molecular flexibility index (Phi) is 4.58. The lowest BCUT2D eigenvalue weighted by Crippen LogP contribution is -2.38. The van der Waals surface area contributed by atoms with Crippen molar-refractivity contribution >= 4 is 11.6 Å². The van der Waals surface area contributed by atoms with Crippen molar-refractivity contribution in [3.63, 3.8) is 0 Å². The van der Waals surface area contributed by atoms with Crippen LogP contribution < -0.4 is 10.2 Å². The Morgan fingerprint density at radius 3 is 2.59 bits per heavy atom. The topological polar surface area (TPSA) is 71.0 Å². The molecule has 0 radical (unpaired) electrons. The van der Waals surface area contributed by atoms with E-state index < -0.39 is 0 Å². The number of carbonyl (C=O) groups is 1. The fourth-order valence-electron chi connectivity index (χ4n) is 2.69. The minimum atomic E-state index is -0.148. The lowest BCUT2D eigenvalue weighted by molar-refractivity contribution is 0.0939. The van der Waals surface area contributed by atoms with Gasteiger partial charge >= 0.3 is 0 Å². The number of hydrogen-bond acceptors (Lipinski definition) is 5. The summed E-state index contributed by atoms with van der Waals surface area (Å²) in [6, 6.07) is 4.08. The molecule has 0 aromatic carbocycles. The molecule has 2 aromatic rings. The van der Waals surface area contributed by atoms with Crippen LogP contribution in [0.25, 0.3) is 0 Å². The monoisotopic (exact) mass is 297 g/mol. The van der Waals surface area contributed by atoms with Gasteiger partial charge in [0.25, 0.3) is 5.91 Å². The van der Waals surface area contributed by atoms with Crippen LogP contribution in [0.5, 0.6) is 0 Å². The predicted octanol–water partition coefficient (Wildman–Crippen LogP) is 1.52. The third kappa shape index (κ3) is 3.58. The minimum Gasteiger partial charge on any atom is -0.371 e. The summed E-state index contributed by atoms with van der Waals surface area (Å²) in [4.78, 5) is 26.3. The van der Waals surface area contributed by atoms with Crippen molar-refractivity contribution in [2.45, 2.75) is 12.8 Å². The van der Waals surface area contributed by atoms with Gasteiger partial charge in [-0.2, -0.15) is 0 Å². The van der Waals surface area contributed by atoms with Crippen LogP contribution in [0.1, 0.15) is 23.3 Å². The SMILES string of the molecule is O=C(NCC1CCN(c2ccncc2)CC1)c1cnccn1. The molecule has 3 heterocycles. The summed E-state index contributed by atoms with van der Waals surface area (Å²) in [5, 5.41) is 2.95. The highest BCUT2D eigenvalue weighted by Crippen LogP contribution is 2.22. The smallest absolute Gasteiger partial charge is 0.271 e. The maximum Gasteiger partial charge on any atom is 0.271 e. The van der Waals surface area contributed by atoms with E-state index >= 15 is 0 Å². The fraction of sp³-hybridized carbons (Fsp3) is 0.375. The Hall–Kier alpha value is -2.50. The molecule has 0 spiro atoms. The second-order valence-electron chi connectivity index (χ2n) is 5.44. The Bertz CT molecular complexity index is 596. The zero-order valence-corrected chi connectivity index (χ0v) is 12.4. The van der Waals surface area contributed by atoms with E-state index in [0.29, 0.717) is 18.2 Å². The summed E-state index contributed by atoms with van der Waals surface area (Å²) < 4.78 is 0. The van der Waals surface area contributed by atoms with Crippen LogP contribution in [0.15, 0.2) is 43.1 Å². The Morgan fingerprint density at radius 1 is 1.14 bits per heavy atom. The van der Waals surface area contributed by atoms with Gasteiger partial charge < -0.3 is 10.2 Å². The number of piperidine rings is 1. The molecule has 3 rings (SSSR count). The maximum atomic E-state index is 11.9. The second kappa shape index (κ2) is 6.98. The molecule has 22 heavy (non-hydrogen) atoms. The first kappa shape index (κ1) is 14.4. The number of anilines is 1. The molecule has 0 bridgehead atoms. The Balaban J connectivity index is 1.45. The van der Waals surface area contributed by atoms with E-state index in [1.54, 1.807) is 6.20 Å². The lowest BCUT2D eigenvalue weighted by Gasteiger charge is -2.33. The molecular formula is C16H19N5O. The average molecular weight is 297 g/mol. The van der Waals surface area contributed by atoms with Gasteiger partial charge in [0.2, 0.25) is 0 Å². The molecule has 1 fully saturated rings. The zero-order valence-electron chi connectivity index (χ0n) is 12.4. The van der Waals surface area contributed by atoms with Gasteiger partial charge in [0, 0.05) is 50.1 Å². The molecule has 2 aromatic heterocycles. The van der Waals surface area contributed by atoms with Crippen molar-refractivity contribution < 1.29 is 4.79 Å². The summed E-state index contributed by atoms with van der Waals surface area (Å²) in [6.07, 6.45) is 10.4. The zero-order chi connectivity index (χ0) is 15.2. The highest BCUT2D eigenvalue weighted by Gasteiger charge is 2.20. The normalized spacial score (nSPS) is 15.5. The van der Waals surface area contributed by atoms with Crippen molar-refractivity contribution in [1.29, 1.82) is 0 Å². The first-order valence-electron chi connectivity index (χ1n) is 7.52. The molecule has 1 aliphatic heterocycles. The van der Waals surface area contributed by atoms with E-state index in [1.807, 2.05) is 24.5 Å². The molecule has 0 saturated carbocycles. The van der Waals surface area contributed by atoms with E-state index in [4.69, 9.17) is 0 Å². The van der Waals surface area contributed by atoms with Gasteiger partial charge in [0.15, 0.2) is 0 Å². The first-order valence-corrected chi connectivity index (χ1v) is 7.52. The van der Waals surface area contributed by atoms with E-state index in [9.17, 15) is 4.79 Å². The summed E-state index contributed by atoms with van der Waals surface area (Å²) >= 11 is 0. The summed E-state index contributed by atoms with van der Waals surface area (Å²) in [5.74, 6) is 0.364. The second-order valence-corrected chi connectivity index (χ2v) is 5.44. The highest BCUT2D eigenvalue weighted by molar-refractivity contribution is 5.91. The summed E-state index contributed by atoms with van der Waals surface area (Å²) in [6.45, 7) is 2.71. The molecule has 114 valence electrons. The quantitative estimate of drug-likeness (QED) is 0.926. The van der Waals surface area contributed by atoms with Crippen LogP contribution in [-0.2, 0) is 0 Å². The number of pyridine rings is 1. The van der Waals surface area contributed by atoms with Crippen LogP contribution in [0.2, 0.25) is 0 Å². The molecule has 1 amide bonds. The number of aromatic nitrogens is 3. The number of amides is 1. The van der Waals surface area contributed by atoms with Gasteiger partial charge in [0.1, 0.15) is 5.69 Å². The number of rotatable bonds is 4. The molecule has 1 saturated heterocycles. The molecule has 1 N–H and O–H groups in total. The minimum absolute atomic E-state index is 0.148. The molecule has 6 nitrogen and oxygen atoms in total. The van der Waals surface area contributed by atoms with Gasteiger partial charge in [-0.15, -0.1) is 0 Å². The molecular weight excluding hydrogens is 278 g/mol. The van der Waals surface area contributed by atoms with Crippen LogP contribution in [0, 0.1) is 5.92 Å². The Morgan fingerprint density at radius 2 is 1.91 bits per heavy atom. The summed E-state index contributed by atoms with van der Waals surface area (Å²) in [7, 11) is 0. The van der Waals surface area contributed by atoms with E-state index in [2.05, 4.69) is 25.2 Å². The van der Waals surface area contributed by atoms with Gasteiger partial charge in [0.05, 0.1) is 6.20 Å². The maximum absolute atomic E-state index is 11.9. The molecule has 0 unspecified atom stereocenters. The van der Waals surface area contributed by atoms with E-state index in [1.165, 1.54) is 18.1 Å². The highest BCUT2D eigenvalue weighted by atomic mass is 16.1. The molecule has 0 atom stereocenters. The van der Waals surface area contributed by atoms with Gasteiger partial charge in [-0.25, -0.2) is 4.98 Å². The van der Waals surface area contributed by atoms with Crippen LogP contribution in [0.3, 0.4) is 0 Å². The van der Waals surface area contributed by atoms with Gasteiger partial charge in [-0.3, -0.25) is 14.8 Å². The van der Waals surface area contributed by atoms with Crippen molar-refractivity contribution in [1.82, 2.24) is 20.3 Å². The fourth-order valence-corrected chi connectivity index (χ4v) is 2.69. The van der Waals surface area contributed by atoms with Crippen LogP contribution in [-0.4, -0.2) is 40.5 Å². The summed E-state index contributed by atoms with van der Waals surface area (Å²) in [5.41, 5.74) is 1.59.